The predicted molar refractivity (Wildman–Crippen MR) is 92.5 cm³/mol. The number of aliphatic carboxylic acids is 1. The number of carboxylic acid groups (broad SMARTS) is 1. The third-order valence-electron chi connectivity index (χ3n) is 3.32. The van der Waals surface area contributed by atoms with Crippen molar-refractivity contribution in [3.8, 4) is 17.2 Å². The van der Waals surface area contributed by atoms with Crippen molar-refractivity contribution in [2.45, 2.75) is 0 Å². The maximum Gasteiger partial charge on any atom is 0.341 e. The molecule has 0 unspecified atom stereocenters. The van der Waals surface area contributed by atoms with Crippen LogP contribution in [0.5, 0.6) is 17.2 Å². The van der Waals surface area contributed by atoms with Gasteiger partial charge in [0.25, 0.3) is 0 Å². The molecule has 25 heavy (non-hydrogen) atoms. The zero-order chi connectivity index (χ0) is 18.2. The molecule has 0 atom stereocenters. The van der Waals surface area contributed by atoms with Gasteiger partial charge in [-0.15, -0.1) is 0 Å². The second-order valence-electron chi connectivity index (χ2n) is 5.02. The number of methoxy groups -OCH3 is 2. The van der Waals surface area contributed by atoms with Crippen molar-refractivity contribution in [2.75, 3.05) is 20.8 Å². The van der Waals surface area contributed by atoms with Gasteiger partial charge in [-0.25, -0.2) is 4.79 Å². The van der Waals surface area contributed by atoms with Gasteiger partial charge in [-0.1, -0.05) is 18.2 Å². The number of carbonyl (C=O) groups is 2. The van der Waals surface area contributed by atoms with E-state index < -0.39 is 12.6 Å². The van der Waals surface area contributed by atoms with Crippen molar-refractivity contribution in [3.63, 3.8) is 0 Å². The first-order valence-electron chi connectivity index (χ1n) is 7.42. The summed E-state index contributed by atoms with van der Waals surface area (Å²) in [7, 11) is 3.00. The topological polar surface area (TPSA) is 82.1 Å². The van der Waals surface area contributed by atoms with Crippen LogP contribution in [0.1, 0.15) is 15.9 Å². The Balaban J connectivity index is 2.15. The molecule has 130 valence electrons. The Hall–Kier alpha value is -3.28. The van der Waals surface area contributed by atoms with Gasteiger partial charge < -0.3 is 19.3 Å². The molecule has 0 fully saturated rings. The highest BCUT2D eigenvalue weighted by atomic mass is 16.5. The van der Waals surface area contributed by atoms with Crippen LogP contribution in [-0.4, -0.2) is 37.7 Å². The van der Waals surface area contributed by atoms with E-state index in [0.29, 0.717) is 17.1 Å². The average Bonchev–Trinajstić information content (AvgIpc) is 2.64. The molecule has 0 saturated carbocycles. The summed E-state index contributed by atoms with van der Waals surface area (Å²) < 4.78 is 15.4. The number of rotatable bonds is 8. The molecule has 0 bridgehead atoms. The maximum atomic E-state index is 12.3. The predicted octanol–water partition coefficient (Wildman–Crippen LogP) is 3.06. The summed E-state index contributed by atoms with van der Waals surface area (Å²) >= 11 is 0. The minimum Gasteiger partial charge on any atom is -0.497 e. The maximum absolute atomic E-state index is 12.3. The molecule has 1 N–H and O–H groups in total. The van der Waals surface area contributed by atoms with Crippen LogP contribution in [0.25, 0.3) is 6.08 Å². The molecule has 0 aliphatic carbocycles. The molecule has 0 spiro atoms. The number of hydrogen-bond acceptors (Lipinski definition) is 5. The van der Waals surface area contributed by atoms with Crippen LogP contribution in [0.4, 0.5) is 0 Å². The van der Waals surface area contributed by atoms with Gasteiger partial charge in [0.05, 0.1) is 14.2 Å². The number of allylic oxidation sites excluding steroid dienone is 1. The Morgan fingerprint density at radius 2 is 1.84 bits per heavy atom. The minimum atomic E-state index is -1.09. The first-order chi connectivity index (χ1) is 12.0. The first kappa shape index (κ1) is 18.1. The molecule has 2 rings (SSSR count). The lowest BCUT2D eigenvalue weighted by Gasteiger charge is -2.10. The standard InChI is InChI=1S/C19H18O6/c1-23-15-5-3-4-13(10-15)6-8-16(20)14-7-9-17(18(11-14)24-2)25-12-19(21)22/h3-11H,12H2,1-2H3,(H,21,22)/b8-6+. The van der Waals surface area contributed by atoms with Crippen molar-refractivity contribution in [2.24, 2.45) is 0 Å². The summed E-state index contributed by atoms with van der Waals surface area (Å²) in [5.74, 6) is -0.0503. The van der Waals surface area contributed by atoms with E-state index in [2.05, 4.69) is 0 Å². The lowest BCUT2D eigenvalue weighted by molar-refractivity contribution is -0.139. The van der Waals surface area contributed by atoms with Crippen LogP contribution >= 0.6 is 0 Å². The Kier molecular flexibility index (Phi) is 6.17. The van der Waals surface area contributed by atoms with Gasteiger partial charge in [0.1, 0.15) is 5.75 Å². The van der Waals surface area contributed by atoms with E-state index in [-0.39, 0.29) is 11.5 Å². The summed E-state index contributed by atoms with van der Waals surface area (Å²) in [5.41, 5.74) is 1.24. The van der Waals surface area contributed by atoms with Gasteiger partial charge >= 0.3 is 5.97 Å². The van der Waals surface area contributed by atoms with Crippen LogP contribution in [-0.2, 0) is 4.79 Å². The molecular formula is C19H18O6. The number of carboxylic acids is 1. The molecule has 6 nitrogen and oxygen atoms in total. The zero-order valence-corrected chi connectivity index (χ0v) is 13.9. The molecule has 0 radical (unpaired) electrons. The van der Waals surface area contributed by atoms with Crippen LogP contribution < -0.4 is 14.2 Å². The first-order valence-corrected chi connectivity index (χ1v) is 7.42. The van der Waals surface area contributed by atoms with E-state index in [0.717, 1.165) is 5.56 Å². The number of benzene rings is 2. The fourth-order valence-electron chi connectivity index (χ4n) is 2.09. The summed E-state index contributed by atoms with van der Waals surface area (Å²) in [6.07, 6.45) is 3.13. The van der Waals surface area contributed by atoms with E-state index in [1.165, 1.54) is 25.3 Å². The van der Waals surface area contributed by atoms with Gasteiger partial charge in [-0.2, -0.15) is 0 Å². The second-order valence-corrected chi connectivity index (χ2v) is 5.02. The van der Waals surface area contributed by atoms with E-state index in [9.17, 15) is 9.59 Å². The lowest BCUT2D eigenvalue weighted by Crippen LogP contribution is -2.10. The van der Waals surface area contributed by atoms with Crippen molar-refractivity contribution in [3.05, 3.63) is 59.7 Å². The quantitative estimate of drug-likeness (QED) is 0.586. The van der Waals surface area contributed by atoms with E-state index in [1.54, 1.807) is 19.3 Å². The Morgan fingerprint density at radius 3 is 2.52 bits per heavy atom. The third kappa shape index (κ3) is 5.10. The highest BCUT2D eigenvalue weighted by molar-refractivity contribution is 6.07. The van der Waals surface area contributed by atoms with Crippen LogP contribution in [0.2, 0.25) is 0 Å². The molecule has 0 aliphatic rings. The van der Waals surface area contributed by atoms with E-state index in [1.807, 2.05) is 24.3 Å². The fraction of sp³-hybridized carbons (Fsp3) is 0.158. The minimum absolute atomic E-state index is 0.217. The SMILES string of the molecule is COc1cccc(/C=C/C(=O)c2ccc(OCC(=O)O)c(OC)c2)c1. The monoisotopic (exact) mass is 342 g/mol. The summed E-state index contributed by atoms with van der Waals surface area (Å²) in [6, 6.07) is 11.9. The molecule has 0 aliphatic heterocycles. The second kappa shape index (κ2) is 8.54. The van der Waals surface area contributed by atoms with Crippen LogP contribution in [0, 0.1) is 0 Å². The molecule has 6 heteroatoms. The number of ether oxygens (including phenoxy) is 3. The van der Waals surface area contributed by atoms with Gasteiger partial charge in [0.15, 0.2) is 23.9 Å². The molecule has 0 saturated heterocycles. The van der Waals surface area contributed by atoms with Gasteiger partial charge in [-0.3, -0.25) is 4.79 Å². The van der Waals surface area contributed by atoms with Crippen molar-refractivity contribution >= 4 is 17.8 Å². The fourth-order valence-corrected chi connectivity index (χ4v) is 2.09. The summed E-state index contributed by atoms with van der Waals surface area (Å²) in [5, 5.41) is 8.66. The van der Waals surface area contributed by atoms with Crippen molar-refractivity contribution in [1.29, 1.82) is 0 Å². The normalized spacial score (nSPS) is 10.5. The summed E-state index contributed by atoms with van der Waals surface area (Å²) in [6.45, 7) is -0.487. The van der Waals surface area contributed by atoms with Crippen molar-refractivity contribution in [1.82, 2.24) is 0 Å². The lowest BCUT2D eigenvalue weighted by atomic mass is 10.1. The number of carbonyl (C=O) groups excluding carboxylic acids is 1. The van der Waals surface area contributed by atoms with Gasteiger partial charge in [-0.05, 0) is 42.0 Å². The van der Waals surface area contributed by atoms with Gasteiger partial charge in [0.2, 0.25) is 0 Å². The Labute approximate surface area is 145 Å². The third-order valence-corrected chi connectivity index (χ3v) is 3.32. The number of hydrogen-bond donors (Lipinski definition) is 1. The van der Waals surface area contributed by atoms with E-state index >= 15 is 0 Å². The van der Waals surface area contributed by atoms with E-state index in [4.69, 9.17) is 19.3 Å². The van der Waals surface area contributed by atoms with Crippen LogP contribution in [0.3, 0.4) is 0 Å². The van der Waals surface area contributed by atoms with Crippen molar-refractivity contribution < 1.29 is 28.9 Å². The van der Waals surface area contributed by atoms with Gasteiger partial charge in [0, 0.05) is 5.56 Å². The largest absolute Gasteiger partial charge is 0.497 e. The number of ketones is 1. The Bertz CT molecular complexity index is 794. The highest BCUT2D eigenvalue weighted by Crippen LogP contribution is 2.28. The molecule has 2 aromatic carbocycles. The summed E-state index contributed by atoms with van der Waals surface area (Å²) in [4.78, 5) is 22.9. The molecule has 0 aromatic heterocycles. The van der Waals surface area contributed by atoms with Crippen LogP contribution in [0.15, 0.2) is 48.5 Å². The zero-order valence-electron chi connectivity index (χ0n) is 13.9. The average molecular weight is 342 g/mol. The molecule has 0 amide bonds. The molecular weight excluding hydrogens is 324 g/mol. The molecule has 0 heterocycles. The smallest absolute Gasteiger partial charge is 0.341 e. The molecule has 2 aromatic rings. The Morgan fingerprint density at radius 1 is 1.04 bits per heavy atom. The highest BCUT2D eigenvalue weighted by Gasteiger charge is 2.10.